The van der Waals surface area contributed by atoms with Crippen molar-refractivity contribution in [1.29, 1.82) is 5.26 Å². The Morgan fingerprint density at radius 2 is 1.86 bits per heavy atom. The van der Waals surface area contributed by atoms with Crippen molar-refractivity contribution in [3.63, 3.8) is 0 Å². The lowest BCUT2D eigenvalue weighted by atomic mass is 9.94. The highest BCUT2D eigenvalue weighted by molar-refractivity contribution is 6.07. The van der Waals surface area contributed by atoms with Gasteiger partial charge in [0.25, 0.3) is 5.91 Å². The summed E-state index contributed by atoms with van der Waals surface area (Å²) < 4.78 is 40.1. The first-order chi connectivity index (χ1) is 16.6. The number of carbonyl (C=O) groups excluding carboxylic acids is 2. The minimum atomic E-state index is -4.58. The summed E-state index contributed by atoms with van der Waals surface area (Å²) >= 11 is 0. The SMILES string of the molecule is CN(C)CCCN1CC2=C(C1=O)[C@@H](c1ccc(C#N)cc1)NC(=O)N2c1cccc(C(F)(F)F)c1. The van der Waals surface area contributed by atoms with Crippen LogP contribution in [0.3, 0.4) is 0 Å². The molecule has 2 aromatic rings. The summed E-state index contributed by atoms with van der Waals surface area (Å²) in [6.07, 6.45) is -3.88. The van der Waals surface area contributed by atoms with Crippen LogP contribution < -0.4 is 10.2 Å². The third-order valence-corrected chi connectivity index (χ3v) is 6.04. The molecule has 182 valence electrons. The van der Waals surface area contributed by atoms with E-state index in [9.17, 15) is 22.8 Å². The molecule has 0 spiro atoms. The van der Waals surface area contributed by atoms with Crippen LogP contribution in [0.5, 0.6) is 0 Å². The van der Waals surface area contributed by atoms with Gasteiger partial charge in [0.2, 0.25) is 0 Å². The lowest BCUT2D eigenvalue weighted by molar-refractivity contribution is -0.137. The largest absolute Gasteiger partial charge is 0.416 e. The van der Waals surface area contributed by atoms with Crippen molar-refractivity contribution >= 4 is 17.6 Å². The normalized spacial score (nSPS) is 18.1. The summed E-state index contributed by atoms with van der Waals surface area (Å²) in [6.45, 7) is 1.30. The second-order valence-electron chi connectivity index (χ2n) is 8.74. The van der Waals surface area contributed by atoms with Crippen molar-refractivity contribution in [2.24, 2.45) is 0 Å². The fourth-order valence-electron chi connectivity index (χ4n) is 4.35. The highest BCUT2D eigenvalue weighted by Crippen LogP contribution is 2.40. The van der Waals surface area contributed by atoms with Crippen molar-refractivity contribution < 1.29 is 22.8 Å². The number of alkyl halides is 3. The number of hydrogen-bond donors (Lipinski definition) is 1. The first-order valence-electron chi connectivity index (χ1n) is 11.0. The molecular weight excluding hydrogens is 459 g/mol. The Kier molecular flexibility index (Phi) is 6.54. The number of nitrogens with one attached hydrogen (secondary N) is 1. The number of benzene rings is 2. The van der Waals surface area contributed by atoms with Gasteiger partial charge in [0.15, 0.2) is 0 Å². The number of rotatable bonds is 6. The van der Waals surface area contributed by atoms with Crippen LogP contribution in [0.2, 0.25) is 0 Å². The molecule has 7 nitrogen and oxygen atoms in total. The van der Waals surface area contributed by atoms with Gasteiger partial charge in [-0.15, -0.1) is 0 Å². The van der Waals surface area contributed by atoms with E-state index in [0.717, 1.165) is 23.6 Å². The zero-order valence-electron chi connectivity index (χ0n) is 19.3. The van der Waals surface area contributed by atoms with Gasteiger partial charge >= 0.3 is 12.2 Å². The Morgan fingerprint density at radius 3 is 2.49 bits per heavy atom. The molecule has 3 amide bonds. The molecule has 0 radical (unpaired) electrons. The van der Waals surface area contributed by atoms with Gasteiger partial charge in [0.05, 0.1) is 46.7 Å². The molecule has 0 saturated heterocycles. The maximum Gasteiger partial charge on any atom is 0.416 e. The molecule has 1 N–H and O–H groups in total. The first kappa shape index (κ1) is 24.3. The molecule has 4 rings (SSSR count). The number of nitrogens with zero attached hydrogens (tertiary/aromatic N) is 4. The molecule has 2 heterocycles. The molecule has 0 fully saturated rings. The van der Waals surface area contributed by atoms with Gasteiger partial charge in [-0.1, -0.05) is 18.2 Å². The summed E-state index contributed by atoms with van der Waals surface area (Å²) in [4.78, 5) is 31.5. The Balaban J connectivity index is 1.76. The lowest BCUT2D eigenvalue weighted by Gasteiger charge is -2.34. The number of carbonyl (C=O) groups is 2. The Labute approximate surface area is 201 Å². The van der Waals surface area contributed by atoms with Crippen molar-refractivity contribution in [3.05, 3.63) is 76.5 Å². The van der Waals surface area contributed by atoms with Crippen molar-refractivity contribution in [2.75, 3.05) is 38.6 Å². The van der Waals surface area contributed by atoms with Crippen LogP contribution in [0.1, 0.15) is 29.2 Å². The Bertz CT molecular complexity index is 1210. The van der Waals surface area contributed by atoms with E-state index in [0.29, 0.717) is 35.4 Å². The van der Waals surface area contributed by atoms with Crippen LogP contribution >= 0.6 is 0 Å². The van der Waals surface area contributed by atoms with Gasteiger partial charge in [-0.3, -0.25) is 9.69 Å². The quantitative estimate of drug-likeness (QED) is 0.676. The fraction of sp³-hybridized carbons (Fsp3) is 0.320. The molecule has 0 unspecified atom stereocenters. The second-order valence-corrected chi connectivity index (χ2v) is 8.74. The fourth-order valence-corrected chi connectivity index (χ4v) is 4.35. The Morgan fingerprint density at radius 1 is 1.14 bits per heavy atom. The van der Waals surface area contributed by atoms with Crippen LogP contribution in [-0.4, -0.2) is 55.5 Å². The van der Waals surface area contributed by atoms with Gasteiger partial charge < -0.3 is 15.1 Å². The van der Waals surface area contributed by atoms with Crippen molar-refractivity contribution in [3.8, 4) is 6.07 Å². The number of nitriles is 1. The highest BCUT2D eigenvalue weighted by Gasteiger charge is 2.44. The molecule has 1 atom stereocenters. The van der Waals surface area contributed by atoms with E-state index in [4.69, 9.17) is 5.26 Å². The third-order valence-electron chi connectivity index (χ3n) is 6.04. The average molecular weight is 483 g/mol. The number of amides is 3. The molecule has 2 aliphatic rings. The predicted octanol–water partition coefficient (Wildman–Crippen LogP) is 3.90. The number of anilines is 1. The standard InChI is InChI=1S/C25H24F3N5O2/c1-31(2)11-4-12-32-15-20-21(23(32)34)22(17-9-7-16(14-29)8-10-17)30-24(35)33(20)19-6-3-5-18(13-19)25(26,27)28/h3,5-10,13,22H,4,11-12,15H2,1-2H3,(H,30,35)/t22-/m1/s1. The molecule has 0 aromatic heterocycles. The smallest absolute Gasteiger partial charge is 0.333 e. The third kappa shape index (κ3) is 4.86. The van der Waals surface area contributed by atoms with Gasteiger partial charge in [0, 0.05) is 6.54 Å². The maximum atomic E-state index is 13.5. The van der Waals surface area contributed by atoms with E-state index in [1.54, 1.807) is 29.2 Å². The van der Waals surface area contributed by atoms with E-state index in [-0.39, 0.29) is 18.1 Å². The minimum Gasteiger partial charge on any atom is -0.333 e. The van der Waals surface area contributed by atoms with Crippen molar-refractivity contribution in [2.45, 2.75) is 18.6 Å². The van der Waals surface area contributed by atoms with Crippen LogP contribution in [0.15, 0.2) is 59.8 Å². The van der Waals surface area contributed by atoms with Gasteiger partial charge in [-0.05, 0) is 63.0 Å². The van der Waals surface area contributed by atoms with Crippen LogP contribution in [0, 0.1) is 11.3 Å². The summed E-state index contributed by atoms with van der Waals surface area (Å²) in [7, 11) is 3.85. The van der Waals surface area contributed by atoms with Crippen LogP contribution in [0.4, 0.5) is 23.7 Å². The summed E-state index contributed by atoms with van der Waals surface area (Å²) in [6, 6.07) is 11.6. The average Bonchev–Trinajstić information content (AvgIpc) is 3.13. The van der Waals surface area contributed by atoms with Crippen LogP contribution in [-0.2, 0) is 11.0 Å². The summed E-state index contributed by atoms with van der Waals surface area (Å²) in [5.74, 6) is -0.273. The summed E-state index contributed by atoms with van der Waals surface area (Å²) in [5.41, 5.74) is 0.863. The predicted molar refractivity (Wildman–Crippen MR) is 123 cm³/mol. The van der Waals surface area contributed by atoms with E-state index >= 15 is 0 Å². The summed E-state index contributed by atoms with van der Waals surface area (Å²) in [5, 5.41) is 11.9. The van der Waals surface area contributed by atoms with Gasteiger partial charge in [0.1, 0.15) is 0 Å². The molecule has 0 bridgehead atoms. The topological polar surface area (TPSA) is 79.7 Å². The molecule has 2 aliphatic heterocycles. The van der Waals surface area contributed by atoms with Crippen molar-refractivity contribution in [1.82, 2.24) is 15.1 Å². The molecule has 2 aromatic carbocycles. The number of halogens is 3. The molecular formula is C25H24F3N5O2. The molecule has 0 aliphatic carbocycles. The highest BCUT2D eigenvalue weighted by atomic mass is 19.4. The van der Waals surface area contributed by atoms with E-state index in [1.165, 1.54) is 12.1 Å². The lowest BCUT2D eigenvalue weighted by Crippen LogP contribution is -2.47. The zero-order chi connectivity index (χ0) is 25.3. The van der Waals surface area contributed by atoms with Crippen LogP contribution in [0.25, 0.3) is 0 Å². The van der Waals surface area contributed by atoms with E-state index in [2.05, 4.69) is 5.32 Å². The first-order valence-corrected chi connectivity index (χ1v) is 11.0. The molecule has 10 heteroatoms. The van der Waals surface area contributed by atoms with Gasteiger partial charge in [-0.25, -0.2) is 4.79 Å². The van der Waals surface area contributed by atoms with E-state index < -0.39 is 23.8 Å². The minimum absolute atomic E-state index is 0.0334. The monoisotopic (exact) mass is 483 g/mol. The number of urea groups is 1. The van der Waals surface area contributed by atoms with Gasteiger partial charge in [-0.2, -0.15) is 18.4 Å². The molecule has 35 heavy (non-hydrogen) atoms. The maximum absolute atomic E-state index is 13.5. The second kappa shape index (κ2) is 9.43. The zero-order valence-corrected chi connectivity index (χ0v) is 19.3. The Hall–Kier alpha value is -3.84. The number of hydrogen-bond acceptors (Lipinski definition) is 4. The van der Waals surface area contributed by atoms with E-state index in [1.807, 2.05) is 25.1 Å². The molecule has 0 saturated carbocycles.